The molecule has 26 heavy (non-hydrogen) atoms. The van der Waals surface area contributed by atoms with Crippen LogP contribution in [-0.2, 0) is 11.5 Å². The Morgan fingerprint density at radius 1 is 0.615 bits per heavy atom. The fourth-order valence-electron chi connectivity index (χ4n) is 2.73. The molecule has 0 spiro atoms. The Hall–Kier alpha value is -1.42. The average molecular weight is 395 g/mol. The summed E-state index contributed by atoms with van der Waals surface area (Å²) < 4.78 is 0. The zero-order valence-electron chi connectivity index (χ0n) is 15.7. The molecule has 0 aromatic heterocycles. The molecule has 0 heterocycles. The maximum absolute atomic E-state index is 2.44. The van der Waals surface area contributed by atoms with Gasteiger partial charge in [0.2, 0.25) is 0 Å². The predicted molar refractivity (Wildman–Crippen MR) is 121 cm³/mol. The molecule has 134 valence electrons. The molecule has 0 saturated carbocycles. The summed E-state index contributed by atoms with van der Waals surface area (Å²) in [5, 5.41) is 1.56. The maximum atomic E-state index is 2.44. The van der Waals surface area contributed by atoms with E-state index in [0.29, 0.717) is 0 Å². The van der Waals surface area contributed by atoms with Crippen molar-refractivity contribution in [2.75, 3.05) is 0 Å². The highest BCUT2D eigenvalue weighted by Crippen LogP contribution is 2.26. The molecular weight excluding hydrogens is 368 g/mol. The van der Waals surface area contributed by atoms with Gasteiger partial charge in [0, 0.05) is 21.3 Å². The molecule has 3 heteroatoms. The quantitative estimate of drug-likeness (QED) is 0.319. The topological polar surface area (TPSA) is 0 Å². The van der Waals surface area contributed by atoms with E-state index in [0.717, 1.165) is 11.5 Å². The Balaban J connectivity index is 1.77. The van der Waals surface area contributed by atoms with E-state index in [9.17, 15) is 0 Å². The van der Waals surface area contributed by atoms with E-state index in [-0.39, 0.29) is 0 Å². The molecule has 3 rings (SSSR count). The van der Waals surface area contributed by atoms with Gasteiger partial charge < -0.3 is 0 Å². The summed E-state index contributed by atoms with van der Waals surface area (Å²) in [4.78, 5) is 2.68. The Kier molecular flexibility index (Phi) is 6.68. The van der Waals surface area contributed by atoms with Crippen molar-refractivity contribution in [3.8, 4) is 0 Å². The van der Waals surface area contributed by atoms with Gasteiger partial charge in [-0.1, -0.05) is 79.4 Å². The monoisotopic (exact) mass is 394 g/mol. The van der Waals surface area contributed by atoms with E-state index in [1.165, 1.54) is 20.9 Å². The molecular formula is C23H26S2Si. The smallest absolute Gasteiger partial charge is 0.0776 e. The normalized spacial score (nSPS) is 11.5. The first-order valence-corrected chi connectivity index (χ1v) is 14.5. The summed E-state index contributed by atoms with van der Waals surface area (Å²) in [6.07, 6.45) is 0. The van der Waals surface area contributed by atoms with Crippen LogP contribution in [0, 0.1) is 0 Å². The van der Waals surface area contributed by atoms with Gasteiger partial charge in [-0.2, -0.15) is 0 Å². The fourth-order valence-corrected chi connectivity index (χ4v) is 5.67. The Bertz CT molecular complexity index is 762. The molecule has 0 aliphatic heterocycles. The predicted octanol–water partition coefficient (Wildman–Crippen LogP) is 6.82. The number of thioether (sulfide) groups is 2. The van der Waals surface area contributed by atoms with Crippen molar-refractivity contribution in [1.29, 1.82) is 0 Å². The van der Waals surface area contributed by atoms with Crippen LogP contribution in [-0.4, -0.2) is 8.07 Å². The van der Waals surface area contributed by atoms with E-state index < -0.39 is 8.07 Å². The fraction of sp³-hybridized carbons (Fsp3) is 0.217. The van der Waals surface area contributed by atoms with Gasteiger partial charge in [-0.3, -0.25) is 0 Å². The van der Waals surface area contributed by atoms with Crippen molar-refractivity contribution in [2.24, 2.45) is 0 Å². The number of hydrogen-bond donors (Lipinski definition) is 0. The lowest BCUT2D eigenvalue weighted by atomic mass is 10.2. The minimum Gasteiger partial charge on any atom is -0.121 e. The summed E-state index contributed by atoms with van der Waals surface area (Å²) in [6.45, 7) is 7.31. The third kappa shape index (κ3) is 5.80. The van der Waals surface area contributed by atoms with Crippen LogP contribution in [0.2, 0.25) is 19.6 Å². The first-order chi connectivity index (χ1) is 12.5. The molecule has 3 aromatic carbocycles. The molecule has 3 aromatic rings. The Labute approximate surface area is 167 Å². The third-order valence-electron chi connectivity index (χ3n) is 4.22. The van der Waals surface area contributed by atoms with Gasteiger partial charge in [-0.05, 0) is 35.4 Å². The van der Waals surface area contributed by atoms with Gasteiger partial charge >= 0.3 is 0 Å². The molecule has 0 fully saturated rings. The third-order valence-corrected chi connectivity index (χ3v) is 8.40. The molecule has 0 unspecified atom stereocenters. The first-order valence-electron chi connectivity index (χ1n) is 9.00. The second-order valence-corrected chi connectivity index (χ2v) is 14.7. The van der Waals surface area contributed by atoms with E-state index in [4.69, 9.17) is 0 Å². The average Bonchev–Trinajstić information content (AvgIpc) is 2.66. The molecule has 0 aliphatic carbocycles. The van der Waals surface area contributed by atoms with Crippen molar-refractivity contribution in [3.05, 3.63) is 90.0 Å². The first kappa shape index (κ1) is 19.3. The molecule has 0 N–H and O–H groups in total. The zero-order valence-corrected chi connectivity index (χ0v) is 18.4. The highest BCUT2D eigenvalue weighted by Gasteiger charge is 2.18. The highest BCUT2D eigenvalue weighted by atomic mass is 32.2. The van der Waals surface area contributed by atoms with Crippen LogP contribution in [0.5, 0.6) is 0 Å². The molecule has 0 saturated heterocycles. The van der Waals surface area contributed by atoms with E-state index in [1.807, 2.05) is 23.5 Å². The van der Waals surface area contributed by atoms with E-state index in [2.05, 4.69) is 98.5 Å². The summed E-state index contributed by atoms with van der Waals surface area (Å²) in [5.41, 5.74) is 2.89. The summed E-state index contributed by atoms with van der Waals surface area (Å²) in [7, 11) is -1.33. The standard InChI is InChI=1S/C23H26S2Si/c1-26(2,3)23-15-19(17-24-21-10-6-4-7-11-21)14-20(16-23)18-25-22-12-8-5-9-13-22/h4-16H,17-18H2,1-3H3. The SMILES string of the molecule is C[Si](C)(C)c1cc(CSc2ccccc2)cc(CSc2ccccc2)c1. The second kappa shape index (κ2) is 8.98. The lowest BCUT2D eigenvalue weighted by Gasteiger charge is -2.19. The molecule has 0 amide bonds. The maximum Gasteiger partial charge on any atom is 0.0776 e. The zero-order chi connectivity index (χ0) is 18.4. The molecule has 0 radical (unpaired) electrons. The van der Waals surface area contributed by atoms with Crippen LogP contribution < -0.4 is 5.19 Å². The van der Waals surface area contributed by atoms with Crippen LogP contribution in [0.1, 0.15) is 11.1 Å². The second-order valence-electron chi connectivity index (χ2n) is 7.49. The van der Waals surface area contributed by atoms with Crippen LogP contribution in [0.4, 0.5) is 0 Å². The molecule has 0 atom stereocenters. The van der Waals surface area contributed by atoms with Gasteiger partial charge in [0.1, 0.15) is 0 Å². The number of benzene rings is 3. The molecule has 0 bridgehead atoms. The van der Waals surface area contributed by atoms with Crippen LogP contribution in [0.3, 0.4) is 0 Å². The number of rotatable bonds is 7. The van der Waals surface area contributed by atoms with Crippen LogP contribution in [0.15, 0.2) is 88.7 Å². The highest BCUT2D eigenvalue weighted by molar-refractivity contribution is 7.98. The lowest BCUT2D eigenvalue weighted by Crippen LogP contribution is -2.38. The molecule has 0 nitrogen and oxygen atoms in total. The van der Waals surface area contributed by atoms with Crippen molar-refractivity contribution < 1.29 is 0 Å². The van der Waals surface area contributed by atoms with Gasteiger partial charge in [0.25, 0.3) is 0 Å². The Morgan fingerprint density at radius 2 is 1.04 bits per heavy atom. The Morgan fingerprint density at radius 3 is 1.42 bits per heavy atom. The minimum atomic E-state index is -1.33. The minimum absolute atomic E-state index is 1.03. The van der Waals surface area contributed by atoms with Gasteiger partial charge in [0.15, 0.2) is 0 Å². The molecule has 0 aliphatic rings. The van der Waals surface area contributed by atoms with Crippen molar-refractivity contribution in [2.45, 2.75) is 40.9 Å². The largest absolute Gasteiger partial charge is 0.121 e. The summed E-state index contributed by atoms with van der Waals surface area (Å²) >= 11 is 3.85. The summed E-state index contributed by atoms with van der Waals surface area (Å²) in [6, 6.07) is 28.7. The number of hydrogen-bond acceptors (Lipinski definition) is 2. The van der Waals surface area contributed by atoms with Gasteiger partial charge in [0.05, 0.1) is 8.07 Å². The van der Waals surface area contributed by atoms with Crippen LogP contribution in [0.25, 0.3) is 0 Å². The van der Waals surface area contributed by atoms with E-state index in [1.54, 1.807) is 5.19 Å². The van der Waals surface area contributed by atoms with Crippen molar-refractivity contribution in [3.63, 3.8) is 0 Å². The van der Waals surface area contributed by atoms with Crippen molar-refractivity contribution >= 4 is 36.8 Å². The van der Waals surface area contributed by atoms with Gasteiger partial charge in [-0.25, -0.2) is 0 Å². The van der Waals surface area contributed by atoms with Gasteiger partial charge in [-0.15, -0.1) is 23.5 Å². The van der Waals surface area contributed by atoms with Crippen LogP contribution >= 0.6 is 23.5 Å². The van der Waals surface area contributed by atoms with Crippen molar-refractivity contribution in [1.82, 2.24) is 0 Å². The lowest BCUT2D eigenvalue weighted by molar-refractivity contribution is 1.32. The summed E-state index contributed by atoms with van der Waals surface area (Å²) in [5.74, 6) is 2.07. The van der Waals surface area contributed by atoms with E-state index >= 15 is 0 Å².